The lowest BCUT2D eigenvalue weighted by atomic mass is 9.73. The Balaban J connectivity index is 2.04. The summed E-state index contributed by atoms with van der Waals surface area (Å²) in [5.74, 6) is 0.128. The van der Waals surface area contributed by atoms with Crippen LogP contribution in [0.5, 0.6) is 0 Å². The average Bonchev–Trinajstić information content (AvgIpc) is 2.59. The van der Waals surface area contributed by atoms with Crippen molar-refractivity contribution in [2.24, 2.45) is 0 Å². The van der Waals surface area contributed by atoms with E-state index in [0.29, 0.717) is 5.02 Å². The number of halogens is 1. The number of carbonyl (C=O) groups excluding carboxylic acids is 1. The van der Waals surface area contributed by atoms with Gasteiger partial charge in [-0.1, -0.05) is 60.1 Å². The zero-order valence-electron chi connectivity index (χ0n) is 13.2. The molecule has 0 unspecified atom stereocenters. The molecule has 0 spiro atoms. The first kappa shape index (κ1) is 16.0. The van der Waals surface area contributed by atoms with E-state index in [1.807, 2.05) is 67.7 Å². The van der Waals surface area contributed by atoms with Crippen LogP contribution in [0.4, 0.5) is 0 Å². The fourth-order valence-electron chi connectivity index (χ4n) is 3.37. The monoisotopic (exact) mass is 325 g/mol. The molecule has 118 valence electrons. The maximum atomic E-state index is 13.2. The van der Waals surface area contributed by atoms with Gasteiger partial charge in [-0.2, -0.15) is 0 Å². The molecule has 3 rings (SSSR count). The topological polar surface area (TPSA) is 29.1 Å². The van der Waals surface area contributed by atoms with E-state index in [2.05, 4.69) is 5.32 Å². The van der Waals surface area contributed by atoms with Gasteiger partial charge in [0.1, 0.15) is 5.54 Å². The molecule has 2 aromatic rings. The first-order chi connectivity index (χ1) is 11.2. The van der Waals surface area contributed by atoms with E-state index in [0.717, 1.165) is 36.0 Å². The van der Waals surface area contributed by atoms with Crippen LogP contribution in [0.3, 0.4) is 0 Å². The zero-order valence-corrected chi connectivity index (χ0v) is 13.9. The van der Waals surface area contributed by atoms with E-state index < -0.39 is 5.54 Å². The maximum absolute atomic E-state index is 13.2. The molecule has 0 amide bonds. The zero-order chi connectivity index (χ0) is 16.3. The lowest BCUT2D eigenvalue weighted by molar-refractivity contribution is -0.123. The summed E-state index contributed by atoms with van der Waals surface area (Å²) in [6.07, 6.45) is 4.53. The van der Waals surface area contributed by atoms with Crippen LogP contribution >= 0.6 is 11.6 Å². The maximum Gasteiger partial charge on any atom is 0.183 e. The van der Waals surface area contributed by atoms with E-state index in [-0.39, 0.29) is 5.78 Å². The molecule has 1 aliphatic carbocycles. The predicted molar refractivity (Wildman–Crippen MR) is 95.5 cm³/mol. The Morgan fingerprint density at radius 3 is 2.48 bits per heavy atom. The van der Waals surface area contributed by atoms with Gasteiger partial charge in [-0.25, -0.2) is 0 Å². The molecule has 23 heavy (non-hydrogen) atoms. The molecule has 0 heterocycles. The normalized spacial score (nSPS) is 23.2. The van der Waals surface area contributed by atoms with Crippen LogP contribution in [0.2, 0.25) is 5.02 Å². The smallest absolute Gasteiger partial charge is 0.183 e. The Labute approximate surface area is 142 Å². The number of ketones is 1. The van der Waals surface area contributed by atoms with Crippen molar-refractivity contribution < 1.29 is 4.79 Å². The highest BCUT2D eigenvalue weighted by Gasteiger charge is 2.43. The molecular formula is C20H20ClNO. The molecular weight excluding hydrogens is 306 g/mol. The Kier molecular flexibility index (Phi) is 4.65. The quantitative estimate of drug-likeness (QED) is 0.836. The second-order valence-corrected chi connectivity index (χ2v) is 6.31. The molecule has 0 saturated heterocycles. The van der Waals surface area contributed by atoms with Crippen molar-refractivity contribution in [3.63, 3.8) is 0 Å². The second-order valence-electron chi connectivity index (χ2n) is 5.90. The lowest BCUT2D eigenvalue weighted by Crippen LogP contribution is -2.50. The van der Waals surface area contributed by atoms with Gasteiger partial charge < -0.3 is 5.32 Å². The summed E-state index contributed by atoms with van der Waals surface area (Å²) >= 11 is 6.39. The molecule has 2 aromatic carbocycles. The summed E-state index contributed by atoms with van der Waals surface area (Å²) in [4.78, 5) is 13.2. The third-order valence-electron chi connectivity index (χ3n) is 4.58. The van der Waals surface area contributed by atoms with Crippen molar-refractivity contribution in [2.45, 2.75) is 24.8 Å². The Morgan fingerprint density at radius 1 is 1.09 bits per heavy atom. The summed E-state index contributed by atoms with van der Waals surface area (Å²) in [5, 5.41) is 3.90. The van der Waals surface area contributed by atoms with Crippen LogP contribution in [0.25, 0.3) is 6.08 Å². The summed E-state index contributed by atoms with van der Waals surface area (Å²) in [5.41, 5.74) is 2.06. The summed E-state index contributed by atoms with van der Waals surface area (Å²) in [6.45, 7) is 0. The Bertz CT molecular complexity index is 738. The van der Waals surface area contributed by atoms with Crippen LogP contribution in [0.1, 0.15) is 30.4 Å². The lowest BCUT2D eigenvalue weighted by Gasteiger charge is -2.37. The third-order valence-corrected chi connectivity index (χ3v) is 4.91. The van der Waals surface area contributed by atoms with Gasteiger partial charge in [-0.3, -0.25) is 4.79 Å². The minimum absolute atomic E-state index is 0.128. The fraction of sp³-hybridized carbons (Fsp3) is 0.250. The summed E-state index contributed by atoms with van der Waals surface area (Å²) in [7, 11) is 1.84. The first-order valence-corrected chi connectivity index (χ1v) is 8.29. The first-order valence-electron chi connectivity index (χ1n) is 7.92. The molecule has 1 N–H and O–H groups in total. The van der Waals surface area contributed by atoms with E-state index >= 15 is 0 Å². The van der Waals surface area contributed by atoms with Gasteiger partial charge in [0.25, 0.3) is 0 Å². The van der Waals surface area contributed by atoms with Crippen LogP contribution in [-0.2, 0) is 10.3 Å². The number of nitrogens with one attached hydrogen (secondary N) is 1. The summed E-state index contributed by atoms with van der Waals surface area (Å²) in [6, 6.07) is 17.6. The molecule has 2 nitrogen and oxygen atoms in total. The van der Waals surface area contributed by atoms with Crippen molar-refractivity contribution in [1.82, 2.24) is 5.32 Å². The number of hydrogen-bond acceptors (Lipinski definition) is 2. The van der Waals surface area contributed by atoms with E-state index in [1.54, 1.807) is 0 Å². The fourth-order valence-corrected chi connectivity index (χ4v) is 3.67. The van der Waals surface area contributed by atoms with E-state index in [4.69, 9.17) is 11.6 Å². The third kappa shape index (κ3) is 2.97. The SMILES string of the molecule is CN[C@]1(c2ccccc2Cl)CCC/C(=C/c2ccccc2)C1=O. The molecule has 3 heteroatoms. The minimum atomic E-state index is -0.725. The highest BCUT2D eigenvalue weighted by molar-refractivity contribution is 6.32. The number of Topliss-reactive ketones (excluding diaryl/α,β-unsaturated/α-hetero) is 1. The number of carbonyl (C=O) groups is 1. The van der Waals surface area contributed by atoms with Crippen LogP contribution in [0.15, 0.2) is 60.2 Å². The number of hydrogen-bond donors (Lipinski definition) is 1. The molecule has 1 aliphatic rings. The van der Waals surface area contributed by atoms with Crippen molar-refractivity contribution in [3.05, 3.63) is 76.3 Å². The highest BCUT2D eigenvalue weighted by atomic mass is 35.5. The minimum Gasteiger partial charge on any atom is -0.304 e. The molecule has 1 saturated carbocycles. The van der Waals surface area contributed by atoms with Gasteiger partial charge in [0, 0.05) is 5.02 Å². The Morgan fingerprint density at radius 2 is 1.78 bits per heavy atom. The Hall–Kier alpha value is -1.90. The largest absolute Gasteiger partial charge is 0.304 e. The second kappa shape index (κ2) is 6.69. The van der Waals surface area contributed by atoms with E-state index in [9.17, 15) is 4.79 Å². The van der Waals surface area contributed by atoms with Gasteiger partial charge >= 0.3 is 0 Å². The number of rotatable bonds is 3. The summed E-state index contributed by atoms with van der Waals surface area (Å²) < 4.78 is 0. The molecule has 0 aliphatic heterocycles. The van der Waals surface area contributed by atoms with Crippen LogP contribution < -0.4 is 5.32 Å². The standard InChI is InChI=1S/C20H20ClNO/c1-22-20(17-11-5-6-12-18(17)21)13-7-10-16(19(20)23)14-15-8-3-2-4-9-15/h2-6,8-9,11-12,14,22H,7,10,13H2,1H3/b16-14-/t20-/m0/s1. The van der Waals surface area contributed by atoms with Crippen molar-refractivity contribution >= 4 is 23.5 Å². The van der Waals surface area contributed by atoms with Gasteiger partial charge in [0.05, 0.1) is 0 Å². The van der Waals surface area contributed by atoms with Gasteiger partial charge in [0.15, 0.2) is 5.78 Å². The molecule has 1 atom stereocenters. The van der Waals surface area contributed by atoms with Gasteiger partial charge in [-0.15, -0.1) is 0 Å². The van der Waals surface area contributed by atoms with Crippen molar-refractivity contribution in [2.75, 3.05) is 7.05 Å². The number of benzene rings is 2. The van der Waals surface area contributed by atoms with Crippen molar-refractivity contribution in [3.8, 4) is 0 Å². The van der Waals surface area contributed by atoms with Crippen molar-refractivity contribution in [1.29, 1.82) is 0 Å². The molecule has 0 aromatic heterocycles. The molecule has 0 radical (unpaired) electrons. The van der Waals surface area contributed by atoms with E-state index in [1.165, 1.54) is 0 Å². The van der Waals surface area contributed by atoms with Crippen LogP contribution in [-0.4, -0.2) is 12.8 Å². The van der Waals surface area contributed by atoms with Gasteiger partial charge in [-0.05, 0) is 55.2 Å². The number of likely N-dealkylation sites (N-methyl/N-ethyl adjacent to an activating group) is 1. The molecule has 0 bridgehead atoms. The predicted octanol–water partition coefficient (Wildman–Crippen LogP) is 4.59. The average molecular weight is 326 g/mol. The highest BCUT2D eigenvalue weighted by Crippen LogP contribution is 2.40. The molecule has 1 fully saturated rings. The van der Waals surface area contributed by atoms with Gasteiger partial charge in [0.2, 0.25) is 0 Å². The van der Waals surface area contributed by atoms with Crippen LogP contribution in [0, 0.1) is 0 Å².